The molecule has 7 heterocycles. The summed E-state index contributed by atoms with van der Waals surface area (Å²) in [6, 6.07) is 55.8. The minimum atomic E-state index is -0.496. The largest absolute Gasteiger partial charge is 0.504 e. The molecule has 0 saturated heterocycles. The van der Waals surface area contributed by atoms with Gasteiger partial charge in [0.15, 0.2) is 138 Å². The van der Waals surface area contributed by atoms with E-state index in [4.69, 9.17) is 66.3 Å². The van der Waals surface area contributed by atoms with E-state index in [1.165, 1.54) is 99.3 Å². The molecule has 0 spiro atoms. The molecule has 18 rings (SSSR count). The van der Waals surface area contributed by atoms with Gasteiger partial charge in [0.1, 0.15) is 102 Å². The molecule has 12 aromatic rings. The van der Waals surface area contributed by atoms with Crippen LogP contribution in [0.2, 0.25) is 0 Å². The van der Waals surface area contributed by atoms with Crippen LogP contribution in [0.25, 0.3) is 0 Å². The normalized spacial score (nSPS) is 12.6. The summed E-state index contributed by atoms with van der Waals surface area (Å²) in [6.45, 7) is 8.16. The van der Waals surface area contributed by atoms with Gasteiger partial charge in [0, 0.05) is 139 Å². The first kappa shape index (κ1) is 105. The van der Waals surface area contributed by atoms with E-state index < -0.39 is 5.82 Å². The van der Waals surface area contributed by atoms with E-state index in [1.807, 2.05) is 38.1 Å². The molecular formula is C111H102FNO32. The van der Waals surface area contributed by atoms with Crippen molar-refractivity contribution in [2.75, 3.05) is 93.5 Å². The summed E-state index contributed by atoms with van der Waals surface area (Å²) in [5.41, 5.74) is 6.60. The van der Waals surface area contributed by atoms with E-state index in [9.17, 15) is 92.6 Å². The van der Waals surface area contributed by atoms with Crippen molar-refractivity contribution in [1.82, 2.24) is 4.98 Å². The monoisotopic (exact) mass is 1980 g/mol. The van der Waals surface area contributed by atoms with Gasteiger partial charge in [-0.3, -0.25) is 62.5 Å². The number of carbonyl (C=O) groups excluding carboxylic acids is 12. The van der Waals surface area contributed by atoms with Crippen molar-refractivity contribution in [3.05, 3.63) is 302 Å². The number of pyridine rings is 1. The second-order valence-corrected chi connectivity index (χ2v) is 33.1. The van der Waals surface area contributed by atoms with E-state index in [-0.39, 0.29) is 232 Å². The van der Waals surface area contributed by atoms with Gasteiger partial charge in [0.05, 0.1) is 19.8 Å². The highest BCUT2D eigenvalue weighted by Crippen LogP contribution is 2.46. The van der Waals surface area contributed by atoms with Gasteiger partial charge in [-0.2, -0.15) is 0 Å². The summed E-state index contributed by atoms with van der Waals surface area (Å²) in [7, 11) is 3.02. The molecule has 0 saturated carbocycles. The van der Waals surface area contributed by atoms with Crippen LogP contribution in [-0.2, 0) is 0 Å². The molecule has 34 heteroatoms. The maximum atomic E-state index is 13.1. The number of phenolic OH excluding ortho intramolecular Hbond substituents is 6. The summed E-state index contributed by atoms with van der Waals surface area (Å²) < 4.78 is 87.5. The number of benzene rings is 11. The number of aromatic nitrogens is 1. The van der Waals surface area contributed by atoms with E-state index in [0.29, 0.717) is 175 Å². The number of fused-ring (bicyclic) bond motifs is 6. The summed E-state index contributed by atoms with van der Waals surface area (Å²) in [4.78, 5) is 151. The maximum Gasteiger partial charge on any atom is 0.203 e. The highest BCUT2D eigenvalue weighted by Gasteiger charge is 2.30. The zero-order valence-corrected chi connectivity index (χ0v) is 79.4. The number of phenols is 6. The molecule has 0 amide bonds. The zero-order chi connectivity index (χ0) is 103. The lowest BCUT2D eigenvalue weighted by atomic mass is 10.0. The second kappa shape index (κ2) is 50.6. The number of Topliss-reactive ketones (excluding diaryl/α,β-unsaturated/α-hetero) is 12. The van der Waals surface area contributed by atoms with Gasteiger partial charge in [-0.05, 0) is 135 Å². The Morgan fingerprint density at radius 3 is 0.807 bits per heavy atom. The Balaban J connectivity index is 0.000000146. The van der Waals surface area contributed by atoms with Crippen LogP contribution in [-0.4, -0.2) is 199 Å². The Morgan fingerprint density at radius 1 is 0.255 bits per heavy atom. The van der Waals surface area contributed by atoms with Gasteiger partial charge in [0.25, 0.3) is 0 Å². The number of para-hydroxylation sites is 1. The highest BCUT2D eigenvalue weighted by atomic mass is 19.1. The van der Waals surface area contributed by atoms with Crippen molar-refractivity contribution < 1.29 is 159 Å². The summed E-state index contributed by atoms with van der Waals surface area (Å²) in [5.74, 6) is 0.761. The molecule has 0 fully saturated rings. The molecule has 6 aliphatic rings. The Hall–Kier alpha value is -17.5. The molecule has 750 valence electrons. The third-order valence-corrected chi connectivity index (χ3v) is 22.8. The van der Waals surface area contributed by atoms with Gasteiger partial charge < -0.3 is 97.0 Å². The van der Waals surface area contributed by atoms with Gasteiger partial charge in [-0.25, -0.2) is 4.39 Å². The van der Waals surface area contributed by atoms with Gasteiger partial charge in [-0.1, -0.05) is 102 Å². The summed E-state index contributed by atoms with van der Waals surface area (Å²) >= 11 is 0. The van der Waals surface area contributed by atoms with Crippen LogP contribution in [0.1, 0.15) is 213 Å². The Kier molecular flexibility index (Phi) is 36.6. The van der Waals surface area contributed by atoms with Crippen LogP contribution in [0, 0.1) is 19.7 Å². The van der Waals surface area contributed by atoms with Crippen LogP contribution in [0.15, 0.2) is 219 Å². The van der Waals surface area contributed by atoms with Crippen LogP contribution in [0.3, 0.4) is 0 Å². The number of hydrogen-bond acceptors (Lipinski definition) is 33. The minimum absolute atomic E-state index is 0.0238. The summed E-state index contributed by atoms with van der Waals surface area (Å²) in [5, 5.41) is 59.6. The van der Waals surface area contributed by atoms with E-state index in [2.05, 4.69) is 4.98 Å². The number of carbonyl (C=O) groups is 12. The molecule has 33 nitrogen and oxygen atoms in total. The molecule has 1 aromatic heterocycles. The lowest BCUT2D eigenvalue weighted by Crippen LogP contribution is -2.16. The minimum Gasteiger partial charge on any atom is -0.504 e. The van der Waals surface area contributed by atoms with Crippen LogP contribution in [0.4, 0.5) is 4.39 Å². The average molecular weight is 1980 g/mol. The third kappa shape index (κ3) is 28.7. The summed E-state index contributed by atoms with van der Waals surface area (Å²) in [6.07, 6.45) is 2.12. The third-order valence-electron chi connectivity index (χ3n) is 22.8. The Labute approximate surface area is 830 Å². The van der Waals surface area contributed by atoms with Gasteiger partial charge in [-0.15, -0.1) is 0 Å². The molecule has 6 aliphatic heterocycles. The fraction of sp³-hybridized carbons (Fsp3) is 0.252. The smallest absolute Gasteiger partial charge is 0.203 e. The first-order valence-electron chi connectivity index (χ1n) is 46.2. The van der Waals surface area contributed by atoms with Crippen molar-refractivity contribution in [3.8, 4) is 115 Å². The standard InChI is InChI=1S/2C19H18O6.2C19H18O5.C18H15FO5.C17H15NO5/c1-23-14-4-2-3-12(9-14)15(20)5-6-16(21)13-10-17(22)19-18(11-13)24-7-8-25-19;1-23-17-5-3-2-4-13(17)15(21)7-6-14(20)12-10-16(22)19-18(11-12)24-8-9-25-19;2*1-12-2-4-13(5-3-12)15(20)6-7-16(21)14-10-17(22)19-18(11-14)23-8-9-24-19;19-13-3-1-2-11(8-13)14(20)4-5-15(21)12-9-16(22)18-17(10-12)23-6-7-24-18;19-13(4-5-14(20)12-3-1-2-6-18-12)11-9-15(21)17-16(10-11)22-7-8-23-17/h2-4,9-11,22H,5-8H2,1H3;2-5,10-11,22H,6-9H2,1H3;2*2-5,10-11,22H,6-9H2,1H3;1-3,8-10,22H,4-7H2;1-3,6,9-10,21H,4-5,7-8H2. The predicted molar refractivity (Wildman–Crippen MR) is 521 cm³/mol. The first-order chi connectivity index (χ1) is 69.9. The van der Waals surface area contributed by atoms with E-state index in [0.717, 1.165) is 17.2 Å². The lowest BCUT2D eigenvalue weighted by Gasteiger charge is -2.19. The van der Waals surface area contributed by atoms with Crippen LogP contribution < -0.4 is 66.3 Å². The second-order valence-electron chi connectivity index (χ2n) is 33.1. The SMILES string of the molecule is COc1cccc(C(=O)CCC(=O)c2cc(O)c3c(c2)OCCO3)c1.COc1ccccc1C(=O)CCC(=O)c1cc(O)c2c(c1)OCCO2.Cc1ccc(C(=O)CCC(=O)c2cc(O)c3c(c2)OCCO3)cc1.Cc1ccc(C(=O)CCC(=O)c2cc(O)c3c(c2)OCCO3)cc1.O=C(CCC(=O)c1cc(O)c2c(c1)OCCO2)c1cccc(F)c1.O=C(CCC(=O)c1ccccn1)c1cc(O)c2c(c1)OCCO2. The van der Waals surface area contributed by atoms with Crippen LogP contribution in [0.5, 0.6) is 115 Å². The van der Waals surface area contributed by atoms with Crippen molar-refractivity contribution in [1.29, 1.82) is 0 Å². The quantitative estimate of drug-likeness (QED) is 0.0213. The number of ether oxygens (including phenoxy) is 14. The van der Waals surface area contributed by atoms with Crippen molar-refractivity contribution >= 4 is 69.4 Å². The van der Waals surface area contributed by atoms with E-state index >= 15 is 0 Å². The average Bonchev–Trinajstić information content (AvgIpc) is 0.821. The fourth-order valence-electron chi connectivity index (χ4n) is 15.2. The molecule has 0 bridgehead atoms. The number of aryl methyl sites for hydroxylation is 2. The molecule has 145 heavy (non-hydrogen) atoms. The molecular weight excluding hydrogens is 1880 g/mol. The van der Waals surface area contributed by atoms with Gasteiger partial charge >= 0.3 is 0 Å². The number of hydrogen-bond donors (Lipinski definition) is 6. The van der Waals surface area contributed by atoms with E-state index in [1.54, 1.807) is 103 Å². The topological polar surface area (TPSA) is 468 Å². The number of nitrogens with zero attached hydrogens (tertiary/aromatic N) is 1. The number of aromatic hydroxyl groups is 6. The zero-order valence-electron chi connectivity index (χ0n) is 79.4. The lowest BCUT2D eigenvalue weighted by molar-refractivity contribution is 0.0914. The van der Waals surface area contributed by atoms with Crippen LogP contribution >= 0.6 is 0 Å². The van der Waals surface area contributed by atoms with Crippen molar-refractivity contribution in [2.45, 2.75) is 90.9 Å². The molecule has 6 N–H and O–H groups in total. The fourth-order valence-corrected chi connectivity index (χ4v) is 15.2. The molecule has 0 radical (unpaired) electrons. The molecule has 0 unspecified atom stereocenters. The molecule has 11 aromatic carbocycles. The molecule has 0 aliphatic carbocycles. The maximum absolute atomic E-state index is 13.1. The number of ketones is 12. The number of methoxy groups -OCH3 is 2. The predicted octanol–water partition coefficient (Wildman–Crippen LogP) is 18.2. The highest BCUT2D eigenvalue weighted by molar-refractivity contribution is 6.08. The molecule has 0 atom stereocenters. The van der Waals surface area contributed by atoms with Crippen molar-refractivity contribution in [2.24, 2.45) is 0 Å². The number of halogens is 1. The van der Waals surface area contributed by atoms with Crippen molar-refractivity contribution in [3.63, 3.8) is 0 Å². The first-order valence-corrected chi connectivity index (χ1v) is 46.2. The van der Waals surface area contributed by atoms with Gasteiger partial charge in [0.2, 0.25) is 34.5 Å². The number of rotatable bonds is 32. The Bertz CT molecular complexity index is 6680. The Morgan fingerprint density at radius 2 is 0.517 bits per heavy atom.